The molecule has 0 spiro atoms. The molecule has 2 unspecified atom stereocenters. The minimum atomic E-state index is -4.96. The molecule has 3 N–H and O–H groups in total. The van der Waals surface area contributed by atoms with E-state index in [2.05, 4.69) is 55.4 Å². The summed E-state index contributed by atoms with van der Waals surface area (Å²) in [5.74, 6) is 0.935. The van der Waals surface area contributed by atoms with Crippen LogP contribution in [-0.2, 0) is 65.4 Å². The van der Waals surface area contributed by atoms with Gasteiger partial charge in [0.15, 0.2) is 12.2 Å². The first-order valence-electron chi connectivity index (χ1n) is 39.7. The number of hydrogen-bond donors (Lipinski definition) is 3. The first kappa shape index (κ1) is 94.1. The van der Waals surface area contributed by atoms with Crippen LogP contribution in [0.25, 0.3) is 0 Å². The Morgan fingerprint density at radius 3 is 0.646 bits per heavy atom. The predicted octanol–water partition coefficient (Wildman–Crippen LogP) is 22.4. The number of esters is 4. The van der Waals surface area contributed by atoms with Gasteiger partial charge in [-0.1, -0.05) is 338 Å². The van der Waals surface area contributed by atoms with Gasteiger partial charge in [-0.3, -0.25) is 37.3 Å². The lowest BCUT2D eigenvalue weighted by molar-refractivity contribution is -0.161. The Kier molecular flexibility index (Phi) is 65.0. The van der Waals surface area contributed by atoms with Crippen molar-refractivity contribution < 1.29 is 80.2 Å². The number of rotatable bonds is 74. The summed E-state index contributed by atoms with van der Waals surface area (Å²) in [6.07, 6.45) is 51.3. The topological polar surface area (TPSA) is 237 Å². The van der Waals surface area contributed by atoms with Crippen LogP contribution in [0.2, 0.25) is 0 Å². The smallest absolute Gasteiger partial charge is 0.462 e. The van der Waals surface area contributed by atoms with E-state index in [0.29, 0.717) is 25.7 Å². The van der Waals surface area contributed by atoms with Gasteiger partial charge in [-0.25, -0.2) is 9.13 Å². The van der Waals surface area contributed by atoms with Crippen LogP contribution < -0.4 is 0 Å². The van der Waals surface area contributed by atoms with Gasteiger partial charge in [0.1, 0.15) is 19.3 Å². The molecule has 0 saturated carbocycles. The van der Waals surface area contributed by atoms with E-state index in [-0.39, 0.29) is 25.7 Å². The minimum absolute atomic E-state index is 0.105. The normalized spacial score (nSPS) is 14.1. The minimum Gasteiger partial charge on any atom is -0.462 e. The second-order valence-electron chi connectivity index (χ2n) is 29.7. The lowest BCUT2D eigenvalue weighted by Crippen LogP contribution is -2.30. The maximum atomic E-state index is 13.1. The van der Waals surface area contributed by atoms with E-state index in [0.717, 1.165) is 114 Å². The molecule has 0 heterocycles. The van der Waals surface area contributed by atoms with Gasteiger partial charge in [0, 0.05) is 25.7 Å². The Hall–Kier alpha value is -1.94. The van der Waals surface area contributed by atoms with Gasteiger partial charge in [0.2, 0.25) is 0 Å². The molecule has 0 bridgehead atoms. The van der Waals surface area contributed by atoms with Gasteiger partial charge in [-0.2, -0.15) is 0 Å². The maximum absolute atomic E-state index is 13.1. The molecule has 0 aliphatic rings. The highest BCUT2D eigenvalue weighted by atomic mass is 31.2. The summed E-state index contributed by atoms with van der Waals surface area (Å²) in [6, 6.07) is 0. The number of carbonyl (C=O) groups is 4. The third-order valence-corrected chi connectivity index (χ3v) is 19.7. The fraction of sp³-hybridized carbons (Fsp3) is 0.948. The van der Waals surface area contributed by atoms with Crippen LogP contribution in [0.3, 0.4) is 0 Å². The third kappa shape index (κ3) is 70.5. The Morgan fingerprint density at radius 2 is 0.438 bits per heavy atom. The highest BCUT2D eigenvalue weighted by Crippen LogP contribution is 2.45. The van der Waals surface area contributed by atoms with E-state index in [9.17, 15) is 43.2 Å². The molecule has 0 radical (unpaired) electrons. The average molecular weight is 1410 g/mol. The number of ether oxygens (including phenoxy) is 4. The van der Waals surface area contributed by atoms with E-state index < -0.39 is 97.5 Å². The summed E-state index contributed by atoms with van der Waals surface area (Å²) in [5, 5.41) is 10.6. The zero-order valence-electron chi connectivity index (χ0n) is 63.0. The van der Waals surface area contributed by atoms with Crippen molar-refractivity contribution in [2.75, 3.05) is 39.6 Å². The Bertz CT molecular complexity index is 1880. The molecule has 0 aromatic carbocycles. The van der Waals surface area contributed by atoms with Crippen molar-refractivity contribution in [2.24, 2.45) is 23.7 Å². The van der Waals surface area contributed by atoms with Crippen LogP contribution >= 0.6 is 15.6 Å². The molecular formula is C77H150O17P2. The lowest BCUT2D eigenvalue weighted by Gasteiger charge is -2.21. The zero-order chi connectivity index (χ0) is 71.0. The fourth-order valence-corrected chi connectivity index (χ4v) is 13.3. The lowest BCUT2D eigenvalue weighted by atomic mass is 10.0. The molecule has 0 aromatic rings. The molecule has 96 heavy (non-hydrogen) atoms. The largest absolute Gasteiger partial charge is 0.472 e. The van der Waals surface area contributed by atoms with E-state index in [1.807, 2.05) is 0 Å². The van der Waals surface area contributed by atoms with Crippen LogP contribution in [0.15, 0.2) is 0 Å². The van der Waals surface area contributed by atoms with Crippen LogP contribution in [0.5, 0.6) is 0 Å². The molecule has 0 fully saturated rings. The number of hydrogen-bond acceptors (Lipinski definition) is 15. The average Bonchev–Trinajstić information content (AvgIpc) is 1.11. The fourth-order valence-electron chi connectivity index (χ4n) is 11.7. The number of unbranched alkanes of at least 4 members (excludes halogenated alkanes) is 40. The highest BCUT2D eigenvalue weighted by Gasteiger charge is 2.30. The van der Waals surface area contributed by atoms with Crippen LogP contribution in [-0.4, -0.2) is 96.7 Å². The molecule has 19 heteroatoms. The summed E-state index contributed by atoms with van der Waals surface area (Å²) in [7, 11) is -9.92. The molecular weight excluding hydrogens is 1260 g/mol. The molecule has 0 aliphatic heterocycles. The number of phosphoric ester groups is 2. The van der Waals surface area contributed by atoms with Crippen molar-refractivity contribution in [3.05, 3.63) is 0 Å². The van der Waals surface area contributed by atoms with Crippen LogP contribution in [0.4, 0.5) is 0 Å². The third-order valence-electron chi connectivity index (χ3n) is 17.8. The van der Waals surface area contributed by atoms with Crippen molar-refractivity contribution in [3.63, 3.8) is 0 Å². The molecule has 0 saturated heterocycles. The maximum Gasteiger partial charge on any atom is 0.472 e. The monoisotopic (exact) mass is 1410 g/mol. The van der Waals surface area contributed by atoms with Crippen LogP contribution in [0.1, 0.15) is 389 Å². The van der Waals surface area contributed by atoms with Gasteiger partial charge in [0.25, 0.3) is 0 Å². The molecule has 570 valence electrons. The first-order chi connectivity index (χ1) is 46.1. The standard InChI is InChI=1S/C77H150O17P2/c1-67(2)53-45-37-29-21-15-12-10-9-11-13-17-26-35-43-51-59-76(81)93-72(63-87-74(79)57-49-41-33-25-18-14-16-22-30-38-46-54-68(3)4)65-91-95(83,84)89-61-71(78)62-90-96(85,86)92-66-73(94-77(82)60-52-44-36-28-20-24-32-40-48-56-70(7)8)64-88-75(80)58-50-42-34-27-19-23-31-39-47-55-69(5)6/h67-73,78H,9-66H2,1-8H3,(H,83,84)(H,85,86)/t71-,72-,73-/m1/s1. The zero-order valence-corrected chi connectivity index (χ0v) is 64.8. The van der Waals surface area contributed by atoms with Gasteiger partial charge in [0.05, 0.1) is 26.4 Å². The summed E-state index contributed by atoms with van der Waals surface area (Å²) < 4.78 is 68.6. The van der Waals surface area contributed by atoms with Crippen molar-refractivity contribution in [1.82, 2.24) is 0 Å². The van der Waals surface area contributed by atoms with Crippen molar-refractivity contribution >= 4 is 39.5 Å². The molecule has 0 amide bonds. The van der Waals surface area contributed by atoms with Gasteiger partial charge in [-0.05, 0) is 49.4 Å². The molecule has 0 aromatic heterocycles. The number of phosphoric acid groups is 2. The number of carbonyl (C=O) groups excluding carboxylic acids is 4. The summed E-state index contributed by atoms with van der Waals surface area (Å²) >= 11 is 0. The summed E-state index contributed by atoms with van der Waals surface area (Å²) in [4.78, 5) is 72.9. The Balaban J connectivity index is 5.26. The van der Waals surface area contributed by atoms with Gasteiger partial charge in [-0.15, -0.1) is 0 Å². The van der Waals surface area contributed by atoms with E-state index in [1.54, 1.807) is 0 Å². The molecule has 0 rings (SSSR count). The van der Waals surface area contributed by atoms with Crippen molar-refractivity contribution in [1.29, 1.82) is 0 Å². The summed E-state index contributed by atoms with van der Waals surface area (Å²) in [6.45, 7) is 14.2. The van der Waals surface area contributed by atoms with Crippen molar-refractivity contribution in [3.8, 4) is 0 Å². The molecule has 0 aliphatic carbocycles. The quantitative estimate of drug-likeness (QED) is 0.0222. The Morgan fingerprint density at radius 1 is 0.260 bits per heavy atom. The van der Waals surface area contributed by atoms with Crippen LogP contribution in [0, 0.1) is 23.7 Å². The number of aliphatic hydroxyl groups is 1. The predicted molar refractivity (Wildman–Crippen MR) is 391 cm³/mol. The van der Waals surface area contributed by atoms with Gasteiger partial charge < -0.3 is 33.8 Å². The number of aliphatic hydroxyl groups excluding tert-OH is 1. The second kappa shape index (κ2) is 66.3. The summed E-state index contributed by atoms with van der Waals surface area (Å²) in [5.41, 5.74) is 0. The highest BCUT2D eigenvalue weighted by molar-refractivity contribution is 7.47. The van der Waals surface area contributed by atoms with Crippen molar-refractivity contribution in [2.45, 2.75) is 408 Å². The molecule has 5 atom stereocenters. The van der Waals surface area contributed by atoms with E-state index >= 15 is 0 Å². The second-order valence-corrected chi connectivity index (χ2v) is 32.6. The first-order valence-corrected chi connectivity index (χ1v) is 42.7. The molecule has 17 nitrogen and oxygen atoms in total. The Labute approximate surface area is 588 Å². The van der Waals surface area contributed by atoms with E-state index in [4.69, 9.17) is 37.0 Å². The van der Waals surface area contributed by atoms with Gasteiger partial charge >= 0.3 is 39.5 Å². The SMILES string of the molecule is CC(C)CCCCCCCCCCCCCCCCCC(=O)O[C@H](COC(=O)CCCCCCCCCCCCCC(C)C)COP(=O)(O)OC[C@@H](O)COP(=O)(O)OC[C@@H](COC(=O)CCCCCCCCCCCC(C)C)OC(=O)CCCCCCCCCCCC(C)C. The van der Waals surface area contributed by atoms with E-state index in [1.165, 1.54) is 193 Å².